The van der Waals surface area contributed by atoms with Gasteiger partial charge in [-0.2, -0.15) is 0 Å². The predicted molar refractivity (Wildman–Crippen MR) is 203 cm³/mol. The summed E-state index contributed by atoms with van der Waals surface area (Å²) in [7, 11) is 3.45. The number of hydrogen-bond donors (Lipinski definition) is 1. The van der Waals surface area contributed by atoms with Gasteiger partial charge in [-0.3, -0.25) is 0 Å². The van der Waals surface area contributed by atoms with Gasteiger partial charge >= 0.3 is 12.1 Å². The van der Waals surface area contributed by atoms with Crippen molar-refractivity contribution < 1.29 is 28.5 Å². The van der Waals surface area contributed by atoms with Gasteiger partial charge in [0.15, 0.2) is 0 Å². The number of esters is 1. The maximum atomic E-state index is 13.4. The van der Waals surface area contributed by atoms with Gasteiger partial charge in [0.05, 0.1) is 12.2 Å². The molecule has 0 aromatic carbocycles. The number of alkyl carbamates (subject to hydrolysis) is 1. The van der Waals surface area contributed by atoms with Crippen LogP contribution in [0.2, 0.25) is 0 Å². The standard InChI is InChI=1S/C42H63NO6/c1-30-17-15-21-37(46-11)20-14-13-19-34(5)39(35(6)26-25-33(4)29-43-41(45)49-42(8,9)10)48-40(44)36(7)27-31(2)23-24-32(3)28-38(47-12)22-16-18-30/h13-14,16-20,23-28,31,34,37-39H,15,21-22,29H2,1-12H3,(H,43,45)/b18-16+,19-13+,20-14+,24-23+,30-17-,32-28+,33-25+,35-26+,36-27+/t31-,34+,37-,38+,39?/m1/s1. The molecular weight excluding hydrogens is 614 g/mol. The minimum atomic E-state index is -0.566. The summed E-state index contributed by atoms with van der Waals surface area (Å²) in [5.41, 5.74) is 4.09. The number of amides is 1. The summed E-state index contributed by atoms with van der Waals surface area (Å²) in [4.78, 5) is 25.5. The minimum Gasteiger partial charge on any atom is -0.454 e. The number of allylic oxidation sites excluding steroid dienone is 11. The molecule has 0 bridgehead atoms. The number of cyclic esters (lactones) is 1. The fourth-order valence-corrected chi connectivity index (χ4v) is 4.93. The van der Waals surface area contributed by atoms with Crippen LogP contribution in [0.3, 0.4) is 0 Å². The Bertz CT molecular complexity index is 1330. The van der Waals surface area contributed by atoms with Gasteiger partial charge in [0.25, 0.3) is 0 Å². The molecule has 1 amide bonds. The molecule has 0 radical (unpaired) electrons. The molecule has 0 saturated heterocycles. The van der Waals surface area contributed by atoms with E-state index in [1.807, 2.05) is 91.0 Å². The van der Waals surface area contributed by atoms with Crippen LogP contribution in [-0.2, 0) is 23.7 Å². The Morgan fingerprint density at radius 2 is 1.61 bits per heavy atom. The van der Waals surface area contributed by atoms with Crippen LogP contribution in [0, 0.1) is 11.8 Å². The average Bonchev–Trinajstić information content (AvgIpc) is 3.03. The molecule has 1 rings (SSSR count). The second kappa shape index (κ2) is 22.9. The molecule has 0 aromatic rings. The summed E-state index contributed by atoms with van der Waals surface area (Å²) < 4.78 is 22.9. The lowest BCUT2D eigenvalue weighted by molar-refractivity contribution is -0.143. The first-order chi connectivity index (χ1) is 23.0. The highest BCUT2D eigenvalue weighted by Gasteiger charge is 2.22. The predicted octanol–water partition coefficient (Wildman–Crippen LogP) is 9.87. The van der Waals surface area contributed by atoms with E-state index in [4.69, 9.17) is 18.9 Å². The molecule has 0 aromatic heterocycles. The third-order valence-corrected chi connectivity index (χ3v) is 7.77. The van der Waals surface area contributed by atoms with Crippen molar-refractivity contribution in [3.63, 3.8) is 0 Å². The molecule has 0 spiro atoms. The number of carbonyl (C=O) groups is 2. The fraction of sp³-hybridized carbons (Fsp3) is 0.524. The molecule has 0 saturated carbocycles. The fourth-order valence-electron chi connectivity index (χ4n) is 4.93. The summed E-state index contributed by atoms with van der Waals surface area (Å²) in [6.07, 6.45) is 28.1. The molecule has 7 heteroatoms. The van der Waals surface area contributed by atoms with E-state index in [2.05, 4.69) is 55.6 Å². The Hall–Kier alpha value is -3.68. The van der Waals surface area contributed by atoms with E-state index >= 15 is 0 Å². The number of ether oxygens (including phenoxy) is 4. The maximum Gasteiger partial charge on any atom is 0.407 e. The van der Waals surface area contributed by atoms with Crippen LogP contribution in [0.4, 0.5) is 4.79 Å². The lowest BCUT2D eigenvalue weighted by Gasteiger charge is -2.23. The lowest BCUT2D eigenvalue weighted by Crippen LogP contribution is -2.33. The van der Waals surface area contributed by atoms with Crippen molar-refractivity contribution in [1.29, 1.82) is 0 Å². The zero-order valence-corrected chi connectivity index (χ0v) is 32.2. The van der Waals surface area contributed by atoms with Crippen molar-refractivity contribution >= 4 is 12.1 Å². The summed E-state index contributed by atoms with van der Waals surface area (Å²) in [5.74, 6) is -0.463. The summed E-state index contributed by atoms with van der Waals surface area (Å²) in [5, 5.41) is 2.78. The average molecular weight is 678 g/mol. The van der Waals surface area contributed by atoms with E-state index in [1.54, 1.807) is 21.1 Å². The van der Waals surface area contributed by atoms with Gasteiger partial charge in [0, 0.05) is 32.3 Å². The number of nitrogens with one attached hydrogen (secondary N) is 1. The third kappa shape index (κ3) is 19.8. The largest absolute Gasteiger partial charge is 0.454 e. The van der Waals surface area contributed by atoms with E-state index in [1.165, 1.54) is 5.57 Å². The van der Waals surface area contributed by atoms with Gasteiger partial charge in [0.1, 0.15) is 11.7 Å². The first kappa shape index (κ1) is 43.3. The smallest absolute Gasteiger partial charge is 0.407 e. The summed E-state index contributed by atoms with van der Waals surface area (Å²) in [6, 6.07) is 0. The second-order valence-electron chi connectivity index (χ2n) is 13.9. The SMILES string of the molecule is CO[C@@H]1/C=C(C)/C=C/[C@@H](C)/C=C(\C)C(=O)OC(/C(C)=C/C=C(\C)CNC(=O)OC(C)(C)C)[C@@H](C)/C=C/C=C/[C@@H](OC)CC/C=C(C)\C=C\C1. The molecule has 0 fully saturated rings. The van der Waals surface area contributed by atoms with Gasteiger partial charge in [-0.05, 0) is 86.1 Å². The zero-order chi connectivity index (χ0) is 37.0. The van der Waals surface area contributed by atoms with Gasteiger partial charge in [-0.15, -0.1) is 0 Å². The molecule has 1 aliphatic heterocycles. The van der Waals surface area contributed by atoms with Crippen molar-refractivity contribution in [2.24, 2.45) is 11.8 Å². The van der Waals surface area contributed by atoms with E-state index in [0.29, 0.717) is 12.1 Å². The zero-order valence-electron chi connectivity index (χ0n) is 32.2. The minimum absolute atomic E-state index is 0.0180. The molecule has 0 aliphatic carbocycles. The molecule has 1 aliphatic rings. The van der Waals surface area contributed by atoms with Crippen LogP contribution in [0.5, 0.6) is 0 Å². The Morgan fingerprint density at radius 1 is 0.939 bits per heavy atom. The van der Waals surface area contributed by atoms with Crippen molar-refractivity contribution in [2.45, 2.75) is 112 Å². The molecule has 49 heavy (non-hydrogen) atoms. The first-order valence-electron chi connectivity index (χ1n) is 17.3. The molecule has 1 heterocycles. The van der Waals surface area contributed by atoms with Crippen LogP contribution in [-0.4, -0.2) is 56.7 Å². The van der Waals surface area contributed by atoms with Gasteiger partial charge in [0.2, 0.25) is 0 Å². The molecule has 7 nitrogen and oxygen atoms in total. The highest BCUT2D eigenvalue weighted by Crippen LogP contribution is 2.21. The maximum absolute atomic E-state index is 13.4. The number of rotatable bonds is 6. The highest BCUT2D eigenvalue weighted by molar-refractivity contribution is 5.88. The summed E-state index contributed by atoms with van der Waals surface area (Å²) in [6.45, 7) is 19.7. The Balaban J connectivity index is 3.38. The van der Waals surface area contributed by atoms with Gasteiger partial charge in [-0.1, -0.05) is 110 Å². The van der Waals surface area contributed by atoms with Crippen LogP contribution < -0.4 is 5.32 Å². The van der Waals surface area contributed by atoms with Crippen molar-refractivity contribution in [3.05, 3.63) is 107 Å². The number of methoxy groups -OCH3 is 2. The van der Waals surface area contributed by atoms with Crippen LogP contribution in [0.1, 0.15) is 88.5 Å². The molecule has 1 N–H and O–H groups in total. The normalized spacial score (nSPS) is 30.5. The van der Waals surface area contributed by atoms with Gasteiger partial charge < -0.3 is 24.3 Å². The molecule has 1 unspecified atom stereocenters. The number of hydrogen-bond acceptors (Lipinski definition) is 6. The van der Waals surface area contributed by atoms with Crippen molar-refractivity contribution in [2.75, 3.05) is 20.8 Å². The Kier molecular flexibility index (Phi) is 20.2. The van der Waals surface area contributed by atoms with Crippen LogP contribution in [0.25, 0.3) is 0 Å². The van der Waals surface area contributed by atoms with Crippen molar-refractivity contribution in [3.8, 4) is 0 Å². The quantitative estimate of drug-likeness (QED) is 0.223. The van der Waals surface area contributed by atoms with E-state index in [9.17, 15) is 9.59 Å². The Morgan fingerprint density at radius 3 is 2.27 bits per heavy atom. The molecule has 272 valence electrons. The van der Waals surface area contributed by atoms with Crippen molar-refractivity contribution in [1.82, 2.24) is 5.32 Å². The molecular formula is C42H63NO6. The lowest BCUT2D eigenvalue weighted by atomic mass is 9.96. The van der Waals surface area contributed by atoms with E-state index in [0.717, 1.165) is 36.0 Å². The van der Waals surface area contributed by atoms with E-state index < -0.39 is 17.8 Å². The van der Waals surface area contributed by atoms with Crippen LogP contribution in [0.15, 0.2) is 107 Å². The first-order valence-corrected chi connectivity index (χ1v) is 17.3. The summed E-state index contributed by atoms with van der Waals surface area (Å²) >= 11 is 0. The highest BCUT2D eigenvalue weighted by atomic mass is 16.6. The second-order valence-corrected chi connectivity index (χ2v) is 13.9. The molecule has 5 atom stereocenters. The monoisotopic (exact) mass is 677 g/mol. The van der Waals surface area contributed by atoms with E-state index in [-0.39, 0.29) is 30.0 Å². The Labute approximate surface area is 297 Å². The van der Waals surface area contributed by atoms with Crippen LogP contribution >= 0.6 is 0 Å². The topological polar surface area (TPSA) is 83.1 Å². The third-order valence-electron chi connectivity index (χ3n) is 7.77. The van der Waals surface area contributed by atoms with Gasteiger partial charge in [-0.25, -0.2) is 9.59 Å². The number of carbonyl (C=O) groups excluding carboxylic acids is 2.